The maximum Gasteiger partial charge on any atom is 0.237 e. The van der Waals surface area contributed by atoms with Gasteiger partial charge in [-0.15, -0.1) is 0 Å². The maximum absolute atomic E-state index is 13.2. The van der Waals surface area contributed by atoms with Gasteiger partial charge in [-0.1, -0.05) is 18.7 Å². The van der Waals surface area contributed by atoms with Crippen LogP contribution in [0.25, 0.3) is 0 Å². The zero-order chi connectivity index (χ0) is 22.1. The van der Waals surface area contributed by atoms with Crippen molar-refractivity contribution in [2.45, 2.75) is 37.7 Å². The molecule has 32 heavy (non-hydrogen) atoms. The van der Waals surface area contributed by atoms with Gasteiger partial charge in [-0.2, -0.15) is 0 Å². The van der Waals surface area contributed by atoms with E-state index < -0.39 is 0 Å². The van der Waals surface area contributed by atoms with Crippen LogP contribution in [0.4, 0.5) is 5.69 Å². The first-order valence-electron chi connectivity index (χ1n) is 11.5. The molecule has 168 valence electrons. The zero-order valence-corrected chi connectivity index (χ0v) is 18.5. The van der Waals surface area contributed by atoms with Gasteiger partial charge in [0.25, 0.3) is 0 Å². The first-order chi connectivity index (χ1) is 15.6. The number of nitrogens with zero attached hydrogens (tertiary/aromatic N) is 1. The van der Waals surface area contributed by atoms with E-state index in [0.717, 1.165) is 30.9 Å². The van der Waals surface area contributed by atoms with E-state index in [0.29, 0.717) is 36.1 Å². The largest absolute Gasteiger partial charge is 0.493 e. The van der Waals surface area contributed by atoms with E-state index in [4.69, 9.17) is 14.2 Å². The van der Waals surface area contributed by atoms with Crippen LogP contribution >= 0.6 is 0 Å². The maximum atomic E-state index is 13.2. The van der Waals surface area contributed by atoms with Crippen LogP contribution in [0.1, 0.15) is 37.2 Å². The predicted molar refractivity (Wildman–Crippen MR) is 124 cm³/mol. The molecule has 1 saturated carbocycles. The van der Waals surface area contributed by atoms with Gasteiger partial charge in [0.1, 0.15) is 17.6 Å². The minimum atomic E-state index is -0.357. The van der Waals surface area contributed by atoms with Gasteiger partial charge in [0, 0.05) is 24.8 Å². The second kappa shape index (κ2) is 8.87. The fraction of sp³-hybridized carbons (Fsp3) is 0.423. The fourth-order valence-corrected chi connectivity index (χ4v) is 4.51. The molecule has 0 aromatic heterocycles. The summed E-state index contributed by atoms with van der Waals surface area (Å²) >= 11 is 0. The molecule has 1 aliphatic carbocycles. The quantitative estimate of drug-likeness (QED) is 0.629. The van der Waals surface area contributed by atoms with Crippen molar-refractivity contribution in [1.29, 1.82) is 0 Å². The lowest BCUT2D eigenvalue weighted by atomic mass is 10.1. The number of carbonyl (C=O) groups excluding carboxylic acids is 1. The highest BCUT2D eigenvalue weighted by Gasteiger charge is 2.36. The first kappa shape index (κ1) is 20.9. The van der Waals surface area contributed by atoms with Crippen molar-refractivity contribution in [3.63, 3.8) is 0 Å². The van der Waals surface area contributed by atoms with Crippen molar-refractivity contribution in [2.75, 3.05) is 31.6 Å². The smallest absolute Gasteiger partial charge is 0.237 e. The summed E-state index contributed by atoms with van der Waals surface area (Å²) in [4.78, 5) is 14.9. The van der Waals surface area contributed by atoms with Crippen LogP contribution in [0.2, 0.25) is 0 Å². The monoisotopic (exact) mass is 434 g/mol. The van der Waals surface area contributed by atoms with E-state index in [1.165, 1.54) is 18.4 Å². The Bertz CT molecular complexity index is 993. The molecule has 1 amide bonds. The molecule has 0 spiro atoms. The molecule has 1 N–H and O–H groups in total. The van der Waals surface area contributed by atoms with Gasteiger partial charge in [0.15, 0.2) is 11.5 Å². The average molecular weight is 435 g/mol. The van der Waals surface area contributed by atoms with Crippen LogP contribution in [0.15, 0.2) is 54.8 Å². The molecular formula is C26H30N2O4. The summed E-state index contributed by atoms with van der Waals surface area (Å²) in [6.07, 6.45) is 4.34. The van der Waals surface area contributed by atoms with E-state index in [2.05, 4.69) is 24.0 Å². The Morgan fingerprint density at radius 3 is 2.56 bits per heavy atom. The van der Waals surface area contributed by atoms with Gasteiger partial charge in [0.05, 0.1) is 13.0 Å². The van der Waals surface area contributed by atoms with Crippen molar-refractivity contribution >= 4 is 11.6 Å². The van der Waals surface area contributed by atoms with Crippen LogP contribution in [0.5, 0.6) is 17.2 Å². The fourth-order valence-electron chi connectivity index (χ4n) is 4.51. The van der Waals surface area contributed by atoms with Crippen molar-refractivity contribution in [2.24, 2.45) is 5.92 Å². The van der Waals surface area contributed by atoms with Gasteiger partial charge < -0.3 is 24.4 Å². The molecule has 5 rings (SSSR count). The molecule has 2 aromatic rings. The predicted octanol–water partition coefficient (Wildman–Crippen LogP) is 4.26. The lowest BCUT2D eigenvalue weighted by Crippen LogP contribution is -2.28. The third kappa shape index (κ3) is 4.32. The normalized spacial score (nSPS) is 22.8. The number of hydrogen-bond acceptors (Lipinski definition) is 5. The highest BCUT2D eigenvalue weighted by Crippen LogP contribution is 2.41. The number of amides is 1. The molecule has 3 fully saturated rings. The molecule has 2 unspecified atom stereocenters. The van der Waals surface area contributed by atoms with Crippen LogP contribution in [-0.4, -0.2) is 38.8 Å². The van der Waals surface area contributed by atoms with E-state index >= 15 is 0 Å². The summed E-state index contributed by atoms with van der Waals surface area (Å²) in [5.41, 5.74) is 2.16. The number of nitrogens with one attached hydrogen (secondary N) is 1. The molecule has 2 saturated heterocycles. The molecule has 0 radical (unpaired) electrons. The Morgan fingerprint density at radius 2 is 1.88 bits per heavy atom. The Hall–Kier alpha value is -2.99. The second-order valence-corrected chi connectivity index (χ2v) is 8.81. The summed E-state index contributed by atoms with van der Waals surface area (Å²) in [6, 6.07) is 13.8. The van der Waals surface area contributed by atoms with Gasteiger partial charge in [-0.25, -0.2) is 0 Å². The number of methoxy groups -OCH3 is 1. The Morgan fingerprint density at radius 1 is 1.06 bits per heavy atom. The molecule has 3 aliphatic rings. The Balaban J connectivity index is 1.24. The summed E-state index contributed by atoms with van der Waals surface area (Å²) in [7, 11) is 1.62. The number of ether oxygens (including phenoxy) is 3. The summed E-state index contributed by atoms with van der Waals surface area (Å²) in [6.45, 7) is 6.48. The zero-order valence-electron chi connectivity index (χ0n) is 18.5. The Kier molecular flexibility index (Phi) is 5.79. The molecule has 6 heteroatoms. The summed E-state index contributed by atoms with van der Waals surface area (Å²) < 4.78 is 17.6. The Labute approximate surface area is 189 Å². The van der Waals surface area contributed by atoms with Crippen molar-refractivity contribution in [3.8, 4) is 17.2 Å². The summed E-state index contributed by atoms with van der Waals surface area (Å²) in [5, 5.41) is 3.30. The van der Waals surface area contributed by atoms with Crippen LogP contribution in [0.3, 0.4) is 0 Å². The van der Waals surface area contributed by atoms with Gasteiger partial charge in [-0.05, 0) is 68.0 Å². The minimum Gasteiger partial charge on any atom is -0.493 e. The first-order valence-corrected chi connectivity index (χ1v) is 11.5. The molecule has 2 aromatic carbocycles. The van der Waals surface area contributed by atoms with Crippen LogP contribution in [-0.2, 0) is 4.79 Å². The minimum absolute atomic E-state index is 0.000292. The number of anilines is 1. The molecule has 2 aliphatic heterocycles. The van der Waals surface area contributed by atoms with Crippen molar-refractivity contribution < 1.29 is 19.0 Å². The number of benzene rings is 2. The highest BCUT2D eigenvalue weighted by molar-refractivity contribution is 5.98. The third-order valence-corrected chi connectivity index (χ3v) is 6.54. The number of carbonyl (C=O) groups is 1. The van der Waals surface area contributed by atoms with E-state index in [1.807, 2.05) is 30.3 Å². The molecule has 2 atom stereocenters. The van der Waals surface area contributed by atoms with Crippen LogP contribution in [0, 0.1) is 5.92 Å². The van der Waals surface area contributed by atoms with E-state index in [-0.39, 0.29) is 17.9 Å². The van der Waals surface area contributed by atoms with Crippen molar-refractivity contribution in [3.05, 3.63) is 60.4 Å². The van der Waals surface area contributed by atoms with E-state index in [1.54, 1.807) is 12.0 Å². The standard InChI is InChI=1S/C26H30N2O4/c1-17(31-21-8-5-19(6-9-21)18-3-4-18)23-12-14-28(26(23)29)20-7-10-24(25(15-20)30-2)32-22-11-13-27-16-22/h5-10,15,18,22-23,27H,1,3-4,11-14,16H2,2H3. The second-order valence-electron chi connectivity index (χ2n) is 8.81. The number of hydrogen-bond donors (Lipinski definition) is 1. The van der Waals surface area contributed by atoms with Crippen molar-refractivity contribution in [1.82, 2.24) is 5.32 Å². The lowest BCUT2D eigenvalue weighted by Gasteiger charge is -2.21. The summed E-state index contributed by atoms with van der Waals surface area (Å²) in [5.74, 6) is 2.92. The van der Waals surface area contributed by atoms with E-state index in [9.17, 15) is 4.79 Å². The molecular weight excluding hydrogens is 404 g/mol. The third-order valence-electron chi connectivity index (χ3n) is 6.54. The molecule has 2 heterocycles. The highest BCUT2D eigenvalue weighted by atomic mass is 16.5. The van der Waals surface area contributed by atoms with Gasteiger partial charge >= 0.3 is 0 Å². The number of rotatable bonds is 8. The molecule has 0 bridgehead atoms. The van der Waals surface area contributed by atoms with Gasteiger partial charge in [0.2, 0.25) is 5.91 Å². The SMILES string of the molecule is C=C(Oc1ccc(C2CC2)cc1)C1CCN(c2ccc(OC3CCNC3)c(OC)c2)C1=O. The average Bonchev–Trinajstić information content (AvgIpc) is 3.40. The lowest BCUT2D eigenvalue weighted by molar-refractivity contribution is -0.119. The molecule has 6 nitrogen and oxygen atoms in total. The van der Waals surface area contributed by atoms with Crippen LogP contribution < -0.4 is 24.4 Å². The topological polar surface area (TPSA) is 60.0 Å². The van der Waals surface area contributed by atoms with Gasteiger partial charge in [-0.3, -0.25) is 4.79 Å².